The fourth-order valence-corrected chi connectivity index (χ4v) is 3.05. The van der Waals surface area contributed by atoms with Crippen LogP contribution in [0.4, 0.5) is 0 Å². The van der Waals surface area contributed by atoms with Crippen molar-refractivity contribution >= 4 is 21.8 Å². The number of ether oxygens (including phenoxy) is 1. The van der Waals surface area contributed by atoms with Crippen LogP contribution in [0.25, 0.3) is 21.8 Å². The Kier molecular flexibility index (Phi) is 3.23. The highest BCUT2D eigenvalue weighted by Gasteiger charge is 2.14. The second kappa shape index (κ2) is 5.39. The molecule has 0 aliphatic rings. The molecule has 23 heavy (non-hydrogen) atoms. The van der Waals surface area contributed by atoms with Crippen LogP contribution in [0.3, 0.4) is 0 Å². The summed E-state index contributed by atoms with van der Waals surface area (Å²) in [6.45, 7) is 2.76. The predicted molar refractivity (Wildman–Crippen MR) is 91.9 cm³/mol. The van der Waals surface area contributed by atoms with Crippen molar-refractivity contribution in [3.05, 3.63) is 66.0 Å². The molecule has 4 aromatic rings. The normalized spacial score (nSPS) is 11.2. The van der Waals surface area contributed by atoms with Crippen molar-refractivity contribution in [2.45, 2.75) is 13.5 Å². The van der Waals surface area contributed by atoms with E-state index in [4.69, 9.17) is 9.84 Å². The lowest BCUT2D eigenvalue weighted by molar-refractivity contribution is 0.419. The van der Waals surface area contributed by atoms with E-state index in [0.29, 0.717) is 0 Å². The van der Waals surface area contributed by atoms with E-state index in [1.807, 2.05) is 31.3 Å². The Labute approximate surface area is 134 Å². The van der Waals surface area contributed by atoms with Gasteiger partial charge < -0.3 is 4.74 Å². The van der Waals surface area contributed by atoms with Crippen LogP contribution in [-0.4, -0.2) is 21.9 Å². The molecular weight excluding hydrogens is 286 g/mol. The Bertz CT molecular complexity index is 990. The van der Waals surface area contributed by atoms with Crippen LogP contribution in [0.15, 0.2) is 54.7 Å². The van der Waals surface area contributed by atoms with Crippen LogP contribution in [0.2, 0.25) is 0 Å². The monoisotopic (exact) mass is 303 g/mol. The van der Waals surface area contributed by atoms with E-state index in [1.165, 1.54) is 5.56 Å². The summed E-state index contributed by atoms with van der Waals surface area (Å²) in [7, 11) is 1.67. The number of fused-ring (bicyclic) bond motifs is 3. The standard InChI is InChI=1S/C19H17N3O/c1-13-16-11-20-18-15(9-6-10-17(18)23-2)19(16)22(21-13)12-14-7-4-3-5-8-14/h3-11H,12H2,1-2H3. The minimum absolute atomic E-state index is 0.738. The summed E-state index contributed by atoms with van der Waals surface area (Å²) in [5, 5.41) is 6.88. The molecule has 0 aliphatic carbocycles. The van der Waals surface area contributed by atoms with Crippen molar-refractivity contribution in [2.24, 2.45) is 0 Å². The summed E-state index contributed by atoms with van der Waals surface area (Å²) in [4.78, 5) is 4.58. The Morgan fingerprint density at radius 1 is 1.00 bits per heavy atom. The number of nitrogens with zero attached hydrogens (tertiary/aromatic N) is 3. The molecule has 114 valence electrons. The average Bonchev–Trinajstić information content (AvgIpc) is 2.91. The van der Waals surface area contributed by atoms with Gasteiger partial charge in [0.1, 0.15) is 11.3 Å². The molecule has 0 spiro atoms. The molecule has 0 fully saturated rings. The van der Waals surface area contributed by atoms with Crippen LogP contribution < -0.4 is 4.74 Å². The summed E-state index contributed by atoms with van der Waals surface area (Å²) in [5.41, 5.74) is 4.20. The Balaban J connectivity index is 1.99. The maximum absolute atomic E-state index is 5.45. The third-order valence-electron chi connectivity index (χ3n) is 4.15. The van der Waals surface area contributed by atoms with Crippen LogP contribution in [0.5, 0.6) is 5.75 Å². The van der Waals surface area contributed by atoms with E-state index in [-0.39, 0.29) is 0 Å². The van der Waals surface area contributed by atoms with E-state index in [9.17, 15) is 0 Å². The lowest BCUT2D eigenvalue weighted by Crippen LogP contribution is -2.02. The zero-order valence-corrected chi connectivity index (χ0v) is 13.2. The number of hydrogen-bond acceptors (Lipinski definition) is 3. The van der Waals surface area contributed by atoms with Crippen molar-refractivity contribution in [2.75, 3.05) is 7.11 Å². The molecule has 0 bridgehead atoms. The highest BCUT2D eigenvalue weighted by Crippen LogP contribution is 2.31. The number of rotatable bonds is 3. The fourth-order valence-electron chi connectivity index (χ4n) is 3.05. The smallest absolute Gasteiger partial charge is 0.145 e. The first-order valence-electron chi connectivity index (χ1n) is 7.60. The average molecular weight is 303 g/mol. The van der Waals surface area contributed by atoms with Gasteiger partial charge in [-0.25, -0.2) is 0 Å². The molecule has 0 atom stereocenters. The van der Waals surface area contributed by atoms with Gasteiger partial charge in [-0.2, -0.15) is 5.10 Å². The third-order valence-corrected chi connectivity index (χ3v) is 4.15. The maximum atomic E-state index is 5.45. The summed E-state index contributed by atoms with van der Waals surface area (Å²) in [6.07, 6.45) is 1.89. The molecule has 0 unspecified atom stereocenters. The summed E-state index contributed by atoms with van der Waals surface area (Å²) in [5.74, 6) is 0.787. The molecule has 4 nitrogen and oxygen atoms in total. The second-order valence-electron chi connectivity index (χ2n) is 5.61. The fraction of sp³-hybridized carbons (Fsp3) is 0.158. The van der Waals surface area contributed by atoms with Gasteiger partial charge in [0.15, 0.2) is 0 Å². The molecule has 4 rings (SSSR count). The molecule has 0 N–H and O–H groups in total. The molecule has 2 aromatic heterocycles. The minimum Gasteiger partial charge on any atom is -0.494 e. The number of hydrogen-bond donors (Lipinski definition) is 0. The number of pyridine rings is 1. The van der Waals surface area contributed by atoms with Crippen molar-refractivity contribution < 1.29 is 4.74 Å². The minimum atomic E-state index is 0.738. The number of aromatic nitrogens is 3. The zero-order chi connectivity index (χ0) is 15.8. The van der Waals surface area contributed by atoms with Gasteiger partial charge in [-0.05, 0) is 18.6 Å². The highest BCUT2D eigenvalue weighted by molar-refractivity contribution is 6.06. The van der Waals surface area contributed by atoms with Gasteiger partial charge in [0.05, 0.1) is 24.9 Å². The lowest BCUT2D eigenvalue weighted by atomic mass is 10.1. The molecule has 4 heteroatoms. The third kappa shape index (κ3) is 2.23. The number of methoxy groups -OCH3 is 1. The van der Waals surface area contributed by atoms with Crippen LogP contribution in [0.1, 0.15) is 11.3 Å². The Morgan fingerprint density at radius 2 is 1.83 bits per heavy atom. The molecule has 2 aromatic carbocycles. The van der Waals surface area contributed by atoms with Gasteiger partial charge in [0, 0.05) is 17.0 Å². The Hall–Kier alpha value is -2.88. The molecule has 0 saturated heterocycles. The Morgan fingerprint density at radius 3 is 2.61 bits per heavy atom. The van der Waals surface area contributed by atoms with Gasteiger partial charge in [-0.15, -0.1) is 0 Å². The largest absolute Gasteiger partial charge is 0.494 e. The molecule has 2 heterocycles. The topological polar surface area (TPSA) is 39.9 Å². The van der Waals surface area contributed by atoms with Gasteiger partial charge >= 0.3 is 0 Å². The van der Waals surface area contributed by atoms with Gasteiger partial charge in [-0.3, -0.25) is 9.67 Å². The molecule has 0 amide bonds. The van der Waals surface area contributed by atoms with E-state index in [2.05, 4.69) is 40.0 Å². The molecule has 0 radical (unpaired) electrons. The first-order chi connectivity index (χ1) is 11.3. The van der Waals surface area contributed by atoms with Crippen LogP contribution in [0, 0.1) is 6.92 Å². The van der Waals surface area contributed by atoms with Crippen LogP contribution >= 0.6 is 0 Å². The maximum Gasteiger partial charge on any atom is 0.145 e. The predicted octanol–water partition coefficient (Wildman–Crippen LogP) is 3.95. The second-order valence-corrected chi connectivity index (χ2v) is 5.61. The van der Waals surface area contributed by atoms with E-state index in [1.54, 1.807) is 7.11 Å². The van der Waals surface area contributed by atoms with Crippen molar-refractivity contribution in [1.29, 1.82) is 0 Å². The first-order valence-corrected chi connectivity index (χ1v) is 7.60. The summed E-state index contributed by atoms with van der Waals surface area (Å²) < 4.78 is 7.51. The van der Waals surface area contributed by atoms with Crippen LogP contribution in [-0.2, 0) is 6.54 Å². The number of para-hydroxylation sites is 1. The van der Waals surface area contributed by atoms with Crippen molar-refractivity contribution in [3.63, 3.8) is 0 Å². The quantitative estimate of drug-likeness (QED) is 0.575. The lowest BCUT2D eigenvalue weighted by Gasteiger charge is -2.08. The van der Waals surface area contributed by atoms with E-state index >= 15 is 0 Å². The van der Waals surface area contributed by atoms with E-state index in [0.717, 1.165) is 39.8 Å². The van der Waals surface area contributed by atoms with Gasteiger partial charge in [0.25, 0.3) is 0 Å². The molecule has 0 aliphatic heterocycles. The number of benzene rings is 2. The summed E-state index contributed by atoms with van der Waals surface area (Å²) in [6, 6.07) is 16.4. The summed E-state index contributed by atoms with van der Waals surface area (Å²) >= 11 is 0. The highest BCUT2D eigenvalue weighted by atomic mass is 16.5. The molecule has 0 saturated carbocycles. The zero-order valence-electron chi connectivity index (χ0n) is 13.2. The van der Waals surface area contributed by atoms with Gasteiger partial charge in [0.2, 0.25) is 0 Å². The van der Waals surface area contributed by atoms with Crippen molar-refractivity contribution in [1.82, 2.24) is 14.8 Å². The van der Waals surface area contributed by atoms with E-state index < -0.39 is 0 Å². The van der Waals surface area contributed by atoms with Gasteiger partial charge in [-0.1, -0.05) is 42.5 Å². The SMILES string of the molecule is COc1cccc2c1ncc1c(C)nn(Cc3ccccc3)c12. The van der Waals surface area contributed by atoms with Crippen molar-refractivity contribution in [3.8, 4) is 5.75 Å². The molecular formula is C19H17N3O. The number of aryl methyl sites for hydroxylation is 1. The first kappa shape index (κ1) is 13.8.